The Morgan fingerprint density at radius 3 is 2.35 bits per heavy atom. The summed E-state index contributed by atoms with van der Waals surface area (Å²) in [6.07, 6.45) is 0.524. The first kappa shape index (κ1) is 16.2. The molecule has 0 radical (unpaired) electrons. The molecule has 1 rings (SSSR count). The quantitative estimate of drug-likeness (QED) is 0.705. The van der Waals surface area contributed by atoms with E-state index >= 15 is 0 Å². The molecule has 0 saturated heterocycles. The van der Waals surface area contributed by atoms with Crippen molar-refractivity contribution in [1.82, 2.24) is 5.32 Å². The highest BCUT2D eigenvalue weighted by Gasteiger charge is 2.22. The lowest BCUT2D eigenvalue weighted by Gasteiger charge is -2.17. The minimum Gasteiger partial charge on any atom is -0.481 e. The number of aliphatic carboxylic acids is 1. The van der Waals surface area contributed by atoms with Gasteiger partial charge in [0.1, 0.15) is 6.04 Å². The van der Waals surface area contributed by atoms with Crippen molar-refractivity contribution in [2.75, 3.05) is 6.54 Å². The van der Waals surface area contributed by atoms with E-state index in [0.29, 0.717) is 12.0 Å². The third kappa shape index (κ3) is 5.01. The summed E-state index contributed by atoms with van der Waals surface area (Å²) in [4.78, 5) is 23.0. The predicted molar refractivity (Wildman–Crippen MR) is 77.0 cm³/mol. The van der Waals surface area contributed by atoms with Crippen molar-refractivity contribution < 1.29 is 14.7 Å². The monoisotopic (exact) mass is 278 g/mol. The van der Waals surface area contributed by atoms with Crippen LogP contribution in [0.1, 0.15) is 31.9 Å². The van der Waals surface area contributed by atoms with Crippen molar-refractivity contribution in [3.63, 3.8) is 0 Å². The van der Waals surface area contributed by atoms with Gasteiger partial charge in [0.15, 0.2) is 0 Å². The van der Waals surface area contributed by atoms with E-state index in [4.69, 9.17) is 10.8 Å². The molecular formula is C15H22N2O3. The Morgan fingerprint density at radius 1 is 1.25 bits per heavy atom. The van der Waals surface area contributed by atoms with E-state index in [0.717, 1.165) is 0 Å². The highest BCUT2D eigenvalue weighted by atomic mass is 16.4. The Hall–Kier alpha value is -1.88. The molecule has 0 saturated carbocycles. The summed E-state index contributed by atoms with van der Waals surface area (Å²) in [5.41, 5.74) is 6.55. The zero-order valence-corrected chi connectivity index (χ0v) is 11.9. The second-order valence-electron chi connectivity index (χ2n) is 5.30. The van der Waals surface area contributed by atoms with Gasteiger partial charge >= 0.3 is 5.97 Å². The number of hydrogen-bond acceptors (Lipinski definition) is 3. The van der Waals surface area contributed by atoms with Crippen LogP contribution in [0.4, 0.5) is 0 Å². The normalized spacial score (nSPS) is 13.8. The third-order valence-electron chi connectivity index (χ3n) is 3.07. The fourth-order valence-electron chi connectivity index (χ4n) is 1.99. The van der Waals surface area contributed by atoms with Gasteiger partial charge in [-0.2, -0.15) is 0 Å². The highest BCUT2D eigenvalue weighted by Crippen LogP contribution is 2.13. The van der Waals surface area contributed by atoms with E-state index in [1.807, 2.05) is 19.9 Å². The first-order valence-electron chi connectivity index (χ1n) is 6.72. The molecule has 110 valence electrons. The first-order chi connectivity index (χ1) is 9.41. The lowest BCUT2D eigenvalue weighted by atomic mass is 9.97. The maximum Gasteiger partial charge on any atom is 0.308 e. The molecule has 0 aliphatic rings. The fourth-order valence-corrected chi connectivity index (χ4v) is 1.99. The standard InChI is InChI=1S/C15H22N2O3/c1-10(2)8-12(15(19)20)9-17-14(18)13(16)11-6-4-3-5-7-11/h3-7,10,12-13H,8-9,16H2,1-2H3,(H,17,18)(H,19,20)/t12?,13-/m1/s1. The van der Waals surface area contributed by atoms with Crippen LogP contribution in [0.15, 0.2) is 30.3 Å². The lowest BCUT2D eigenvalue weighted by Crippen LogP contribution is -2.39. The minimum absolute atomic E-state index is 0.104. The van der Waals surface area contributed by atoms with Gasteiger partial charge in [0.25, 0.3) is 0 Å². The summed E-state index contributed by atoms with van der Waals surface area (Å²) in [6, 6.07) is 8.23. The fraction of sp³-hybridized carbons (Fsp3) is 0.467. The Bertz CT molecular complexity index is 446. The second kappa shape index (κ2) is 7.65. The van der Waals surface area contributed by atoms with Gasteiger partial charge in [0.2, 0.25) is 5.91 Å². The topological polar surface area (TPSA) is 92.4 Å². The zero-order chi connectivity index (χ0) is 15.1. The van der Waals surface area contributed by atoms with Crippen molar-refractivity contribution in [2.45, 2.75) is 26.3 Å². The molecule has 0 aromatic heterocycles. The molecule has 0 aliphatic heterocycles. The van der Waals surface area contributed by atoms with Crippen LogP contribution in [0, 0.1) is 11.8 Å². The summed E-state index contributed by atoms with van der Waals surface area (Å²) in [6.45, 7) is 4.01. The number of carbonyl (C=O) groups is 2. The van der Waals surface area contributed by atoms with E-state index in [9.17, 15) is 9.59 Å². The van der Waals surface area contributed by atoms with E-state index in [-0.39, 0.29) is 18.4 Å². The molecule has 1 aromatic rings. The highest BCUT2D eigenvalue weighted by molar-refractivity contribution is 5.83. The number of carboxylic acids is 1. The van der Waals surface area contributed by atoms with Gasteiger partial charge in [-0.3, -0.25) is 9.59 Å². The lowest BCUT2D eigenvalue weighted by molar-refractivity contribution is -0.142. The smallest absolute Gasteiger partial charge is 0.308 e. The van der Waals surface area contributed by atoms with Gasteiger partial charge < -0.3 is 16.2 Å². The number of hydrogen-bond donors (Lipinski definition) is 3. The van der Waals surface area contributed by atoms with Crippen molar-refractivity contribution in [3.05, 3.63) is 35.9 Å². The molecule has 2 atom stereocenters. The maximum atomic E-state index is 11.9. The Labute approximate surface area is 119 Å². The SMILES string of the molecule is CC(C)CC(CNC(=O)[C@H](N)c1ccccc1)C(=O)O. The first-order valence-corrected chi connectivity index (χ1v) is 6.72. The molecule has 0 fully saturated rings. The molecule has 0 aliphatic carbocycles. The van der Waals surface area contributed by atoms with E-state index < -0.39 is 17.9 Å². The van der Waals surface area contributed by atoms with Gasteiger partial charge in [-0.05, 0) is 17.9 Å². The molecule has 0 heterocycles. The van der Waals surface area contributed by atoms with Crippen molar-refractivity contribution in [3.8, 4) is 0 Å². The summed E-state index contributed by atoms with van der Waals surface area (Å²) in [5.74, 6) is -1.57. The summed E-state index contributed by atoms with van der Waals surface area (Å²) in [7, 11) is 0. The van der Waals surface area contributed by atoms with Gasteiger partial charge in [0, 0.05) is 6.54 Å². The van der Waals surface area contributed by atoms with Crippen LogP contribution in [0.25, 0.3) is 0 Å². The van der Waals surface area contributed by atoms with E-state index in [1.165, 1.54) is 0 Å². The van der Waals surface area contributed by atoms with Crippen molar-refractivity contribution in [1.29, 1.82) is 0 Å². The number of nitrogens with two attached hydrogens (primary N) is 1. The number of rotatable bonds is 7. The summed E-state index contributed by atoms with van der Waals surface area (Å²) >= 11 is 0. The Balaban J connectivity index is 2.55. The van der Waals surface area contributed by atoms with Crippen LogP contribution in [0.5, 0.6) is 0 Å². The van der Waals surface area contributed by atoms with Gasteiger partial charge in [-0.25, -0.2) is 0 Å². The molecule has 1 aromatic carbocycles. The number of carboxylic acid groups (broad SMARTS) is 1. The van der Waals surface area contributed by atoms with E-state index in [2.05, 4.69) is 5.32 Å². The predicted octanol–water partition coefficient (Wildman–Crippen LogP) is 1.55. The van der Waals surface area contributed by atoms with Gasteiger partial charge in [-0.15, -0.1) is 0 Å². The summed E-state index contributed by atoms with van der Waals surface area (Å²) < 4.78 is 0. The average molecular weight is 278 g/mol. The number of amides is 1. The van der Waals surface area contributed by atoms with Crippen LogP contribution in [0.2, 0.25) is 0 Å². The molecule has 1 amide bonds. The van der Waals surface area contributed by atoms with Crippen LogP contribution in [-0.4, -0.2) is 23.5 Å². The van der Waals surface area contributed by atoms with Crippen LogP contribution in [0.3, 0.4) is 0 Å². The number of nitrogens with one attached hydrogen (secondary N) is 1. The molecule has 1 unspecified atom stereocenters. The summed E-state index contributed by atoms with van der Waals surface area (Å²) in [5, 5.41) is 11.7. The molecule has 0 spiro atoms. The average Bonchev–Trinajstić information content (AvgIpc) is 2.42. The van der Waals surface area contributed by atoms with Crippen molar-refractivity contribution in [2.24, 2.45) is 17.6 Å². The largest absolute Gasteiger partial charge is 0.481 e. The number of carbonyl (C=O) groups excluding carboxylic acids is 1. The molecule has 0 bridgehead atoms. The van der Waals surface area contributed by atoms with E-state index in [1.54, 1.807) is 24.3 Å². The van der Waals surface area contributed by atoms with Crippen LogP contribution >= 0.6 is 0 Å². The maximum absolute atomic E-state index is 11.9. The van der Waals surface area contributed by atoms with Gasteiger partial charge in [0.05, 0.1) is 5.92 Å². The number of benzene rings is 1. The van der Waals surface area contributed by atoms with Crippen molar-refractivity contribution >= 4 is 11.9 Å². The minimum atomic E-state index is -0.896. The molecular weight excluding hydrogens is 256 g/mol. The third-order valence-corrected chi connectivity index (χ3v) is 3.07. The van der Waals surface area contributed by atoms with Gasteiger partial charge in [-0.1, -0.05) is 44.2 Å². The Morgan fingerprint density at radius 2 is 1.85 bits per heavy atom. The molecule has 5 nitrogen and oxygen atoms in total. The Kier molecular flexibility index (Phi) is 6.18. The molecule has 4 N–H and O–H groups in total. The second-order valence-corrected chi connectivity index (χ2v) is 5.30. The van der Waals surface area contributed by atoms with Crippen LogP contribution < -0.4 is 11.1 Å². The molecule has 5 heteroatoms. The molecule has 20 heavy (non-hydrogen) atoms. The zero-order valence-electron chi connectivity index (χ0n) is 11.9. The van der Waals surface area contributed by atoms with Crippen LogP contribution in [-0.2, 0) is 9.59 Å².